The van der Waals surface area contributed by atoms with Crippen molar-refractivity contribution < 1.29 is 4.79 Å². The van der Waals surface area contributed by atoms with E-state index in [9.17, 15) is 9.59 Å². The lowest BCUT2D eigenvalue weighted by Crippen LogP contribution is -2.29. The number of nitrogens with zero attached hydrogens (tertiary/aromatic N) is 2. The molecule has 0 aliphatic rings. The molecule has 0 spiro atoms. The third-order valence-electron chi connectivity index (χ3n) is 4.26. The number of nitrogens with one attached hydrogen (secondary N) is 1. The molecule has 0 atom stereocenters. The summed E-state index contributed by atoms with van der Waals surface area (Å²) < 4.78 is 2.16. The summed E-state index contributed by atoms with van der Waals surface area (Å²) in [4.78, 5) is 24.4. The Labute approximate surface area is 166 Å². The zero-order chi connectivity index (χ0) is 19.4. The van der Waals surface area contributed by atoms with Gasteiger partial charge in [-0.15, -0.1) is 0 Å². The van der Waals surface area contributed by atoms with Crippen LogP contribution in [0.15, 0.2) is 63.9 Å². The van der Waals surface area contributed by atoms with E-state index in [2.05, 4.69) is 33.3 Å². The van der Waals surface area contributed by atoms with Crippen molar-refractivity contribution in [1.29, 1.82) is 0 Å². The van der Waals surface area contributed by atoms with Crippen LogP contribution in [0.4, 0.5) is 5.69 Å². The lowest BCUT2D eigenvalue weighted by atomic mass is 10.1. The van der Waals surface area contributed by atoms with Gasteiger partial charge in [0.2, 0.25) is 5.91 Å². The van der Waals surface area contributed by atoms with Gasteiger partial charge in [-0.3, -0.25) is 9.59 Å². The second kappa shape index (κ2) is 8.31. The van der Waals surface area contributed by atoms with Gasteiger partial charge in [0.1, 0.15) is 6.54 Å². The molecular formula is C21H20BrN3O2. The molecule has 3 aromatic rings. The van der Waals surface area contributed by atoms with Gasteiger partial charge >= 0.3 is 0 Å². The highest BCUT2D eigenvalue weighted by Gasteiger charge is 2.09. The second-order valence-corrected chi connectivity index (χ2v) is 7.13. The molecule has 0 fully saturated rings. The van der Waals surface area contributed by atoms with E-state index in [0.717, 1.165) is 22.0 Å². The van der Waals surface area contributed by atoms with E-state index < -0.39 is 0 Å². The third-order valence-corrected chi connectivity index (χ3v) is 5.15. The number of benzene rings is 2. The Kier molecular flexibility index (Phi) is 5.86. The molecule has 6 heteroatoms. The van der Waals surface area contributed by atoms with Gasteiger partial charge in [0.05, 0.1) is 5.69 Å². The van der Waals surface area contributed by atoms with Crippen molar-refractivity contribution in [2.24, 2.45) is 0 Å². The van der Waals surface area contributed by atoms with Crippen molar-refractivity contribution in [3.8, 4) is 11.3 Å². The van der Waals surface area contributed by atoms with E-state index in [1.165, 1.54) is 16.3 Å². The second-order valence-electron chi connectivity index (χ2n) is 6.28. The van der Waals surface area contributed by atoms with Gasteiger partial charge in [-0.1, -0.05) is 47.1 Å². The summed E-state index contributed by atoms with van der Waals surface area (Å²) in [6.45, 7) is 3.90. The molecule has 1 N–H and O–H groups in total. The van der Waals surface area contributed by atoms with Gasteiger partial charge in [0.15, 0.2) is 0 Å². The molecule has 0 saturated carbocycles. The molecule has 138 valence electrons. The number of rotatable bonds is 5. The van der Waals surface area contributed by atoms with Crippen LogP contribution in [0.3, 0.4) is 0 Å². The molecule has 3 rings (SSSR count). The van der Waals surface area contributed by atoms with Gasteiger partial charge in [-0.2, -0.15) is 5.10 Å². The first-order valence-electron chi connectivity index (χ1n) is 8.69. The van der Waals surface area contributed by atoms with E-state index in [4.69, 9.17) is 0 Å². The Bertz CT molecular complexity index is 1030. The predicted octanol–water partition coefficient (Wildman–Crippen LogP) is 4.18. The van der Waals surface area contributed by atoms with Gasteiger partial charge in [-0.25, -0.2) is 4.68 Å². The maximum absolute atomic E-state index is 12.3. The van der Waals surface area contributed by atoms with E-state index in [-0.39, 0.29) is 18.0 Å². The van der Waals surface area contributed by atoms with E-state index in [1.54, 1.807) is 12.1 Å². The lowest BCUT2D eigenvalue weighted by molar-refractivity contribution is -0.117. The minimum absolute atomic E-state index is 0.144. The summed E-state index contributed by atoms with van der Waals surface area (Å²) in [7, 11) is 0. The minimum Gasteiger partial charge on any atom is -0.324 e. The highest BCUT2D eigenvalue weighted by atomic mass is 79.9. The Morgan fingerprint density at radius 3 is 2.52 bits per heavy atom. The molecule has 27 heavy (non-hydrogen) atoms. The molecule has 0 radical (unpaired) electrons. The summed E-state index contributed by atoms with van der Waals surface area (Å²) >= 11 is 3.43. The first-order chi connectivity index (χ1) is 13.0. The molecule has 0 aliphatic carbocycles. The van der Waals surface area contributed by atoms with Gasteiger partial charge in [-0.05, 0) is 48.7 Å². The van der Waals surface area contributed by atoms with E-state index in [1.807, 2.05) is 43.3 Å². The monoisotopic (exact) mass is 425 g/mol. The summed E-state index contributed by atoms with van der Waals surface area (Å²) in [5, 5.41) is 7.15. The molecule has 1 aromatic heterocycles. The number of carbonyl (C=O) groups excluding carboxylic acids is 1. The molecule has 1 amide bonds. The van der Waals surface area contributed by atoms with Crippen LogP contribution in [0.25, 0.3) is 11.3 Å². The maximum atomic E-state index is 12.3. The standard InChI is InChI=1S/C21H20BrN3O2/c1-3-15-4-6-16(7-5-15)19-10-11-21(27)25(24-19)13-20(26)23-17-8-9-18(22)14(2)12-17/h4-12H,3,13H2,1-2H3,(H,23,26). The van der Waals surface area contributed by atoms with Crippen LogP contribution < -0.4 is 10.9 Å². The van der Waals surface area contributed by atoms with Crippen LogP contribution in [0.5, 0.6) is 0 Å². The minimum atomic E-state index is -0.314. The van der Waals surface area contributed by atoms with Gasteiger partial charge in [0.25, 0.3) is 5.56 Å². The number of halogens is 1. The molecule has 1 heterocycles. The summed E-state index contributed by atoms with van der Waals surface area (Å²) in [5.74, 6) is -0.301. The number of carbonyl (C=O) groups is 1. The summed E-state index contributed by atoms with van der Waals surface area (Å²) in [5.41, 5.74) is 4.18. The van der Waals surface area contributed by atoms with Gasteiger partial charge in [0, 0.05) is 21.8 Å². The number of anilines is 1. The largest absolute Gasteiger partial charge is 0.324 e. The Morgan fingerprint density at radius 1 is 1.11 bits per heavy atom. The number of aromatic nitrogens is 2. The molecule has 2 aromatic carbocycles. The first kappa shape index (κ1) is 19.0. The Morgan fingerprint density at radius 2 is 1.85 bits per heavy atom. The number of amides is 1. The van der Waals surface area contributed by atoms with Crippen molar-refractivity contribution in [1.82, 2.24) is 9.78 Å². The van der Waals surface area contributed by atoms with E-state index in [0.29, 0.717) is 11.4 Å². The van der Waals surface area contributed by atoms with Crippen molar-refractivity contribution in [3.63, 3.8) is 0 Å². The average Bonchev–Trinajstić information content (AvgIpc) is 2.66. The van der Waals surface area contributed by atoms with Crippen molar-refractivity contribution in [2.75, 3.05) is 5.32 Å². The quantitative estimate of drug-likeness (QED) is 0.666. The Balaban J connectivity index is 1.78. The fraction of sp³-hybridized carbons (Fsp3) is 0.190. The normalized spacial score (nSPS) is 10.6. The highest BCUT2D eigenvalue weighted by molar-refractivity contribution is 9.10. The molecular weight excluding hydrogens is 406 g/mol. The van der Waals surface area contributed by atoms with Gasteiger partial charge < -0.3 is 5.32 Å². The lowest BCUT2D eigenvalue weighted by Gasteiger charge is -2.09. The fourth-order valence-corrected chi connectivity index (χ4v) is 2.93. The predicted molar refractivity (Wildman–Crippen MR) is 111 cm³/mol. The van der Waals surface area contributed by atoms with Crippen LogP contribution in [0.1, 0.15) is 18.1 Å². The third kappa shape index (κ3) is 4.71. The maximum Gasteiger partial charge on any atom is 0.267 e. The molecule has 0 unspecified atom stereocenters. The molecule has 0 aliphatic heterocycles. The zero-order valence-electron chi connectivity index (χ0n) is 15.2. The topological polar surface area (TPSA) is 64.0 Å². The first-order valence-corrected chi connectivity index (χ1v) is 9.49. The van der Waals surface area contributed by atoms with Crippen LogP contribution in [-0.4, -0.2) is 15.7 Å². The number of hydrogen-bond acceptors (Lipinski definition) is 3. The molecule has 0 saturated heterocycles. The van der Waals surface area contributed by atoms with Crippen molar-refractivity contribution >= 4 is 27.5 Å². The van der Waals surface area contributed by atoms with Crippen molar-refractivity contribution in [2.45, 2.75) is 26.8 Å². The van der Waals surface area contributed by atoms with Crippen LogP contribution in [-0.2, 0) is 17.8 Å². The van der Waals surface area contributed by atoms with Crippen LogP contribution >= 0.6 is 15.9 Å². The van der Waals surface area contributed by atoms with E-state index >= 15 is 0 Å². The fourth-order valence-electron chi connectivity index (χ4n) is 2.69. The number of hydrogen-bond donors (Lipinski definition) is 1. The summed E-state index contributed by atoms with van der Waals surface area (Å²) in [6, 6.07) is 16.7. The van der Waals surface area contributed by atoms with Crippen LogP contribution in [0.2, 0.25) is 0 Å². The summed E-state index contributed by atoms with van der Waals surface area (Å²) in [6.07, 6.45) is 0.961. The smallest absolute Gasteiger partial charge is 0.267 e. The van der Waals surface area contributed by atoms with Crippen molar-refractivity contribution in [3.05, 3.63) is 80.6 Å². The Hall–Kier alpha value is -2.73. The molecule has 5 nitrogen and oxygen atoms in total. The highest BCUT2D eigenvalue weighted by Crippen LogP contribution is 2.20. The zero-order valence-corrected chi connectivity index (χ0v) is 16.8. The average molecular weight is 426 g/mol. The number of aryl methyl sites for hydroxylation is 2. The van der Waals surface area contributed by atoms with Crippen LogP contribution in [0, 0.1) is 6.92 Å². The SMILES string of the molecule is CCc1ccc(-c2ccc(=O)n(CC(=O)Nc3ccc(Br)c(C)c3)n2)cc1. The molecule has 0 bridgehead atoms.